The van der Waals surface area contributed by atoms with Crippen LogP contribution >= 0.6 is 0 Å². The van der Waals surface area contributed by atoms with Crippen molar-refractivity contribution in [3.63, 3.8) is 0 Å². The fraction of sp³-hybridized carbons (Fsp3) is 0.778. The molecule has 0 rings (SSSR count). The third-order valence-corrected chi connectivity index (χ3v) is 2.03. The van der Waals surface area contributed by atoms with E-state index in [-0.39, 0.29) is 6.54 Å². The number of rotatable bonds is 6. The van der Waals surface area contributed by atoms with Crippen LogP contribution in [0.1, 0.15) is 26.7 Å². The number of hydrogen-bond acceptors (Lipinski definition) is 4. The Morgan fingerprint density at radius 2 is 2.07 bits per heavy atom. The van der Waals surface area contributed by atoms with Gasteiger partial charge in [-0.2, -0.15) is 0 Å². The van der Waals surface area contributed by atoms with Crippen LogP contribution in [0.5, 0.6) is 0 Å². The minimum atomic E-state index is -1.59. The third-order valence-electron chi connectivity index (χ3n) is 2.03. The van der Waals surface area contributed by atoms with Crippen LogP contribution in [0, 0.1) is 0 Å². The van der Waals surface area contributed by atoms with Gasteiger partial charge in [0.1, 0.15) is 0 Å². The normalized spacial score (nSPS) is 16.5. The quantitative estimate of drug-likeness (QED) is 0.460. The summed E-state index contributed by atoms with van der Waals surface area (Å²) in [7, 11) is 0. The first-order valence-corrected chi connectivity index (χ1v) is 4.79. The summed E-state index contributed by atoms with van der Waals surface area (Å²) in [5, 5.41) is 19.6. The van der Waals surface area contributed by atoms with Gasteiger partial charge in [-0.1, -0.05) is 13.3 Å². The Labute approximate surface area is 88.5 Å². The zero-order valence-corrected chi connectivity index (χ0v) is 8.99. The Kier molecular flexibility index (Phi) is 5.24. The number of hydrogen-bond donors (Lipinski definition) is 4. The van der Waals surface area contributed by atoms with Gasteiger partial charge in [0.25, 0.3) is 0 Å². The van der Waals surface area contributed by atoms with Crippen LogP contribution in [0.3, 0.4) is 0 Å². The van der Waals surface area contributed by atoms with Gasteiger partial charge >= 0.3 is 5.97 Å². The summed E-state index contributed by atoms with van der Waals surface area (Å²) < 4.78 is 0. The lowest BCUT2D eigenvalue weighted by Gasteiger charge is -2.23. The fourth-order valence-electron chi connectivity index (χ4n) is 1.11. The first kappa shape index (κ1) is 13.9. The molecule has 0 aliphatic heterocycles. The van der Waals surface area contributed by atoms with Crippen molar-refractivity contribution in [3.8, 4) is 0 Å². The number of aliphatic hydroxyl groups excluding tert-OH is 1. The van der Waals surface area contributed by atoms with E-state index in [0.29, 0.717) is 6.42 Å². The topological polar surface area (TPSA) is 113 Å². The Bertz CT molecular complexity index is 240. The lowest BCUT2D eigenvalue weighted by atomic mass is 9.96. The third kappa shape index (κ3) is 4.75. The summed E-state index contributed by atoms with van der Waals surface area (Å²) in [6.45, 7) is 3.13. The summed E-state index contributed by atoms with van der Waals surface area (Å²) in [5.41, 5.74) is 4.67. The first-order chi connectivity index (χ1) is 6.81. The molecule has 0 fully saturated rings. The maximum absolute atomic E-state index is 11.4. The molecule has 0 aromatic rings. The lowest BCUT2D eigenvalue weighted by Crippen LogP contribution is -2.53. The summed E-state index contributed by atoms with van der Waals surface area (Å²) >= 11 is 0. The first-order valence-electron chi connectivity index (χ1n) is 4.79. The van der Waals surface area contributed by atoms with Crippen LogP contribution in [-0.2, 0) is 9.59 Å². The van der Waals surface area contributed by atoms with Crippen molar-refractivity contribution in [2.24, 2.45) is 5.73 Å². The molecule has 0 radical (unpaired) electrons. The highest BCUT2D eigenvalue weighted by atomic mass is 16.4. The van der Waals surface area contributed by atoms with Crippen LogP contribution in [0.25, 0.3) is 0 Å². The smallest absolute Gasteiger partial charge is 0.334 e. The molecule has 0 saturated carbocycles. The van der Waals surface area contributed by atoms with Crippen molar-refractivity contribution in [3.05, 3.63) is 0 Å². The summed E-state index contributed by atoms with van der Waals surface area (Å²) in [4.78, 5) is 21.7. The molecule has 0 aliphatic rings. The molecule has 88 valence electrons. The van der Waals surface area contributed by atoms with E-state index in [1.165, 1.54) is 0 Å². The number of carboxylic acids is 1. The van der Waals surface area contributed by atoms with Crippen molar-refractivity contribution in [2.45, 2.75) is 38.3 Å². The number of nitrogens with one attached hydrogen (secondary N) is 1. The van der Waals surface area contributed by atoms with E-state index in [4.69, 9.17) is 15.9 Å². The highest BCUT2D eigenvalue weighted by molar-refractivity contribution is 5.86. The number of carbonyl (C=O) groups excluding carboxylic acids is 1. The molecule has 1 unspecified atom stereocenters. The van der Waals surface area contributed by atoms with Gasteiger partial charge in [-0.05, 0) is 13.3 Å². The maximum Gasteiger partial charge on any atom is 0.334 e. The van der Waals surface area contributed by atoms with Gasteiger partial charge in [-0.25, -0.2) is 4.79 Å². The highest BCUT2D eigenvalue weighted by Crippen LogP contribution is 2.08. The standard InChI is InChI=1S/C9H18N2O4/c1-3-4-9(2,10)8(15)11-5-6(12)7(13)14/h6,12H,3-5,10H2,1-2H3,(H,11,15)(H,13,14)/t6-,9?/m0/s1. The van der Waals surface area contributed by atoms with Gasteiger partial charge < -0.3 is 21.3 Å². The number of carbonyl (C=O) groups is 2. The van der Waals surface area contributed by atoms with E-state index >= 15 is 0 Å². The van der Waals surface area contributed by atoms with Gasteiger partial charge in [0.05, 0.1) is 12.1 Å². The Balaban J connectivity index is 4.08. The molecule has 6 nitrogen and oxygen atoms in total. The molecule has 0 aromatic carbocycles. The molecule has 0 aromatic heterocycles. The van der Waals surface area contributed by atoms with Crippen molar-refractivity contribution in [1.82, 2.24) is 5.32 Å². The van der Waals surface area contributed by atoms with E-state index < -0.39 is 23.5 Å². The predicted molar refractivity (Wildman–Crippen MR) is 54.2 cm³/mol. The van der Waals surface area contributed by atoms with Gasteiger partial charge in [-0.3, -0.25) is 4.79 Å². The molecule has 5 N–H and O–H groups in total. The van der Waals surface area contributed by atoms with Crippen LogP contribution in [0.2, 0.25) is 0 Å². The molecule has 15 heavy (non-hydrogen) atoms. The molecule has 0 aliphatic carbocycles. The van der Waals surface area contributed by atoms with Crippen molar-refractivity contribution >= 4 is 11.9 Å². The molecule has 6 heteroatoms. The number of aliphatic hydroxyl groups is 1. The van der Waals surface area contributed by atoms with Crippen molar-refractivity contribution in [1.29, 1.82) is 0 Å². The van der Waals surface area contributed by atoms with Crippen LogP contribution in [0.15, 0.2) is 0 Å². The fourth-order valence-corrected chi connectivity index (χ4v) is 1.11. The largest absolute Gasteiger partial charge is 0.479 e. The number of aliphatic carboxylic acids is 1. The van der Waals surface area contributed by atoms with Crippen molar-refractivity contribution < 1.29 is 19.8 Å². The minimum absolute atomic E-state index is 0.329. The monoisotopic (exact) mass is 218 g/mol. The molecule has 2 atom stereocenters. The van der Waals surface area contributed by atoms with E-state index in [0.717, 1.165) is 6.42 Å². The number of carboxylic acid groups (broad SMARTS) is 1. The molecule has 0 saturated heterocycles. The Hall–Kier alpha value is -1.14. The zero-order chi connectivity index (χ0) is 12.1. The lowest BCUT2D eigenvalue weighted by molar-refractivity contribution is -0.146. The van der Waals surface area contributed by atoms with E-state index in [1.54, 1.807) is 6.92 Å². The average molecular weight is 218 g/mol. The highest BCUT2D eigenvalue weighted by Gasteiger charge is 2.27. The van der Waals surface area contributed by atoms with E-state index in [9.17, 15) is 9.59 Å². The van der Waals surface area contributed by atoms with E-state index in [1.807, 2.05) is 6.92 Å². The van der Waals surface area contributed by atoms with Crippen LogP contribution in [-0.4, -0.2) is 40.3 Å². The molecular formula is C9H18N2O4. The second-order valence-electron chi connectivity index (χ2n) is 3.73. The molecule has 0 spiro atoms. The second kappa shape index (κ2) is 5.67. The zero-order valence-electron chi connectivity index (χ0n) is 8.99. The molecule has 1 amide bonds. The van der Waals surface area contributed by atoms with Crippen LogP contribution in [0.4, 0.5) is 0 Å². The van der Waals surface area contributed by atoms with Crippen LogP contribution < -0.4 is 11.1 Å². The van der Waals surface area contributed by atoms with Crippen molar-refractivity contribution in [2.75, 3.05) is 6.54 Å². The van der Waals surface area contributed by atoms with Gasteiger partial charge in [0.15, 0.2) is 6.10 Å². The predicted octanol–water partition coefficient (Wildman–Crippen LogP) is -0.934. The SMILES string of the molecule is CCCC(C)(N)C(=O)NC[C@H](O)C(=O)O. The van der Waals surface area contributed by atoms with Gasteiger partial charge in [0.2, 0.25) is 5.91 Å². The molecule has 0 heterocycles. The summed E-state index contributed by atoms with van der Waals surface area (Å²) in [6.07, 6.45) is -0.337. The van der Waals surface area contributed by atoms with Gasteiger partial charge in [0, 0.05) is 0 Å². The molecular weight excluding hydrogens is 200 g/mol. The maximum atomic E-state index is 11.4. The van der Waals surface area contributed by atoms with E-state index in [2.05, 4.69) is 5.32 Å². The number of amides is 1. The molecule has 0 bridgehead atoms. The Morgan fingerprint density at radius 3 is 2.47 bits per heavy atom. The van der Waals surface area contributed by atoms with Gasteiger partial charge in [-0.15, -0.1) is 0 Å². The summed E-state index contributed by atoms with van der Waals surface area (Å²) in [6, 6.07) is 0. The Morgan fingerprint density at radius 1 is 1.53 bits per heavy atom. The second-order valence-corrected chi connectivity index (χ2v) is 3.73. The summed E-state index contributed by atoms with van der Waals surface area (Å²) in [5.74, 6) is -1.82. The average Bonchev–Trinajstić information content (AvgIpc) is 2.13. The number of nitrogens with two attached hydrogens (primary N) is 1. The minimum Gasteiger partial charge on any atom is -0.479 e.